The second-order valence-electron chi connectivity index (χ2n) is 1.97. The van der Waals surface area contributed by atoms with Crippen LogP contribution in [0.3, 0.4) is 0 Å². The van der Waals surface area contributed by atoms with Gasteiger partial charge in [-0.3, -0.25) is 9.59 Å². The van der Waals surface area contributed by atoms with Crippen LogP contribution in [0.1, 0.15) is 19.8 Å². The largest absolute Gasteiger partial charge is 0.458 e. The summed E-state index contributed by atoms with van der Waals surface area (Å²) < 4.78 is 4.52. The average molecular weight is 143 g/mol. The van der Waals surface area contributed by atoms with Crippen molar-refractivity contribution in [3.63, 3.8) is 0 Å². The minimum atomic E-state index is -0.356. The molecule has 3 heteroatoms. The second-order valence-corrected chi connectivity index (χ2v) is 1.97. The number of hydrogen-bond acceptors (Lipinski definition) is 3. The summed E-state index contributed by atoms with van der Waals surface area (Å²) in [5.41, 5.74) is 0. The summed E-state index contributed by atoms with van der Waals surface area (Å²) in [6.45, 7) is 4.73. The van der Waals surface area contributed by atoms with Crippen molar-refractivity contribution < 1.29 is 14.3 Å². The van der Waals surface area contributed by atoms with Crippen molar-refractivity contribution in [3.05, 3.63) is 6.92 Å². The summed E-state index contributed by atoms with van der Waals surface area (Å²) in [4.78, 5) is 20.8. The lowest BCUT2D eigenvalue weighted by Gasteiger charge is -1.98. The molecular formula is C7H11O3. The molecule has 10 heavy (non-hydrogen) atoms. The number of carbonyl (C=O) groups excluding carboxylic acids is 2. The van der Waals surface area contributed by atoms with Crippen LogP contribution in [0.4, 0.5) is 0 Å². The zero-order chi connectivity index (χ0) is 7.98. The van der Waals surface area contributed by atoms with E-state index in [9.17, 15) is 9.59 Å². The molecule has 3 nitrogen and oxygen atoms in total. The molecule has 0 saturated heterocycles. The molecule has 0 rings (SSSR count). The highest BCUT2D eigenvalue weighted by Crippen LogP contribution is 1.89. The highest BCUT2D eigenvalue weighted by molar-refractivity contribution is 5.80. The molecule has 0 saturated carbocycles. The van der Waals surface area contributed by atoms with Gasteiger partial charge in [0.15, 0.2) is 5.78 Å². The Kier molecular flexibility index (Phi) is 4.54. The molecule has 57 valence electrons. The molecule has 0 atom stereocenters. The van der Waals surface area contributed by atoms with Gasteiger partial charge in [0, 0.05) is 6.42 Å². The van der Waals surface area contributed by atoms with Crippen LogP contribution in [0.25, 0.3) is 0 Å². The molecule has 0 aromatic rings. The van der Waals surface area contributed by atoms with Crippen LogP contribution in [0.5, 0.6) is 0 Å². The minimum absolute atomic E-state index is 0.112. The summed E-state index contributed by atoms with van der Waals surface area (Å²) in [7, 11) is 0. The summed E-state index contributed by atoms with van der Waals surface area (Å²) in [5.74, 6) is -0.498. The van der Waals surface area contributed by atoms with Gasteiger partial charge < -0.3 is 4.74 Å². The highest BCUT2D eigenvalue weighted by Gasteiger charge is 2.00. The molecule has 0 N–H and O–H groups in total. The van der Waals surface area contributed by atoms with E-state index in [1.807, 2.05) is 0 Å². The van der Waals surface area contributed by atoms with Crippen molar-refractivity contribution in [1.29, 1.82) is 0 Å². The van der Waals surface area contributed by atoms with E-state index in [0.29, 0.717) is 6.42 Å². The normalized spacial score (nSPS) is 9.00. The quantitative estimate of drug-likeness (QED) is 0.545. The molecule has 0 fully saturated rings. The Morgan fingerprint density at radius 3 is 2.50 bits per heavy atom. The molecule has 0 aromatic heterocycles. The first-order valence-electron chi connectivity index (χ1n) is 3.11. The van der Waals surface area contributed by atoms with E-state index >= 15 is 0 Å². The van der Waals surface area contributed by atoms with Crippen molar-refractivity contribution in [3.8, 4) is 0 Å². The topological polar surface area (TPSA) is 43.4 Å². The lowest BCUT2D eigenvalue weighted by atomic mass is 10.3. The monoisotopic (exact) mass is 143 g/mol. The number of rotatable bonds is 4. The average Bonchev–Trinajstić information content (AvgIpc) is 1.85. The molecule has 0 heterocycles. The molecular weight excluding hydrogens is 132 g/mol. The van der Waals surface area contributed by atoms with Crippen LogP contribution in [0.2, 0.25) is 0 Å². The summed E-state index contributed by atoms with van der Waals surface area (Å²) >= 11 is 0. The van der Waals surface area contributed by atoms with Crippen molar-refractivity contribution >= 4 is 11.8 Å². The summed E-state index contributed by atoms with van der Waals surface area (Å²) in [6, 6.07) is 0. The number of carbonyl (C=O) groups is 2. The third-order valence-corrected chi connectivity index (χ3v) is 0.817. The SMILES string of the molecule is [CH2]CCC(=O)OCC(C)=O. The predicted octanol–water partition coefficient (Wildman–Crippen LogP) is 0.733. The number of hydrogen-bond donors (Lipinski definition) is 0. The Labute approximate surface area is 60.4 Å². The molecule has 0 aliphatic heterocycles. The number of ether oxygens (including phenoxy) is 1. The van der Waals surface area contributed by atoms with Gasteiger partial charge in [-0.05, 0) is 13.3 Å². The standard InChI is InChI=1S/C7H11O3/c1-3-4-7(9)10-5-6(2)8/h1,3-5H2,2H3. The fraction of sp³-hybridized carbons (Fsp3) is 0.571. The van der Waals surface area contributed by atoms with Crippen LogP contribution in [0.15, 0.2) is 0 Å². The first-order valence-corrected chi connectivity index (χ1v) is 3.11. The van der Waals surface area contributed by atoms with Gasteiger partial charge in [0.2, 0.25) is 0 Å². The van der Waals surface area contributed by atoms with Gasteiger partial charge in [0.05, 0.1) is 0 Å². The molecule has 0 aliphatic carbocycles. The van der Waals surface area contributed by atoms with E-state index < -0.39 is 0 Å². The van der Waals surface area contributed by atoms with Crippen LogP contribution < -0.4 is 0 Å². The highest BCUT2D eigenvalue weighted by atomic mass is 16.5. The van der Waals surface area contributed by atoms with Gasteiger partial charge in [-0.15, -0.1) is 0 Å². The van der Waals surface area contributed by atoms with Crippen LogP contribution >= 0.6 is 0 Å². The molecule has 1 radical (unpaired) electrons. The third kappa shape index (κ3) is 5.28. The van der Waals surface area contributed by atoms with Crippen molar-refractivity contribution in [2.45, 2.75) is 19.8 Å². The number of esters is 1. The first kappa shape index (κ1) is 9.14. The number of Topliss-reactive ketones (excluding diaryl/α,β-unsaturated/α-hetero) is 1. The van der Waals surface area contributed by atoms with Crippen molar-refractivity contribution in [2.24, 2.45) is 0 Å². The smallest absolute Gasteiger partial charge is 0.306 e. The molecule has 0 bridgehead atoms. The Hall–Kier alpha value is -0.860. The van der Waals surface area contributed by atoms with E-state index in [1.54, 1.807) is 0 Å². The maximum Gasteiger partial charge on any atom is 0.306 e. The summed E-state index contributed by atoms with van der Waals surface area (Å²) in [6.07, 6.45) is 0.796. The maximum absolute atomic E-state index is 10.5. The zero-order valence-electron chi connectivity index (χ0n) is 6.05. The first-order chi connectivity index (χ1) is 4.66. The molecule has 0 aliphatic rings. The lowest BCUT2D eigenvalue weighted by molar-refractivity contribution is -0.147. The van der Waals surface area contributed by atoms with Crippen molar-refractivity contribution in [2.75, 3.05) is 6.61 Å². The molecule has 0 aromatic carbocycles. The predicted molar refractivity (Wildman–Crippen MR) is 36.2 cm³/mol. The van der Waals surface area contributed by atoms with Gasteiger partial charge >= 0.3 is 5.97 Å². The zero-order valence-corrected chi connectivity index (χ0v) is 6.05. The van der Waals surface area contributed by atoms with E-state index in [0.717, 1.165) is 0 Å². The second kappa shape index (κ2) is 4.97. The fourth-order valence-corrected chi connectivity index (χ4v) is 0.399. The molecule has 0 spiro atoms. The molecule has 0 amide bonds. The van der Waals surface area contributed by atoms with Gasteiger partial charge in [0.25, 0.3) is 0 Å². The Morgan fingerprint density at radius 1 is 1.50 bits per heavy atom. The van der Waals surface area contributed by atoms with Gasteiger partial charge in [-0.25, -0.2) is 0 Å². The number of ketones is 1. The van der Waals surface area contributed by atoms with Crippen molar-refractivity contribution in [1.82, 2.24) is 0 Å². The minimum Gasteiger partial charge on any atom is -0.458 e. The Balaban J connectivity index is 3.30. The third-order valence-electron chi connectivity index (χ3n) is 0.817. The van der Waals surface area contributed by atoms with E-state index in [4.69, 9.17) is 0 Å². The van der Waals surface area contributed by atoms with E-state index in [1.165, 1.54) is 6.92 Å². The molecule has 0 unspecified atom stereocenters. The van der Waals surface area contributed by atoms with Crippen LogP contribution in [-0.4, -0.2) is 18.4 Å². The Bertz CT molecular complexity index is 129. The fourth-order valence-electron chi connectivity index (χ4n) is 0.399. The maximum atomic E-state index is 10.5. The van der Waals surface area contributed by atoms with E-state index in [2.05, 4.69) is 11.7 Å². The van der Waals surface area contributed by atoms with Gasteiger partial charge in [-0.2, -0.15) is 0 Å². The Morgan fingerprint density at radius 2 is 2.10 bits per heavy atom. The van der Waals surface area contributed by atoms with Gasteiger partial charge in [0.1, 0.15) is 6.61 Å². The van der Waals surface area contributed by atoms with Gasteiger partial charge in [-0.1, -0.05) is 6.92 Å². The van der Waals surface area contributed by atoms with Crippen LogP contribution in [-0.2, 0) is 14.3 Å². The van der Waals surface area contributed by atoms with E-state index in [-0.39, 0.29) is 24.8 Å². The van der Waals surface area contributed by atoms with Crippen LogP contribution in [0, 0.1) is 6.92 Å². The summed E-state index contributed by atoms with van der Waals surface area (Å²) in [5, 5.41) is 0. The lowest BCUT2D eigenvalue weighted by Crippen LogP contribution is -2.10.